The van der Waals surface area contributed by atoms with E-state index in [2.05, 4.69) is 25.8 Å². The van der Waals surface area contributed by atoms with E-state index in [4.69, 9.17) is 5.73 Å². The molecule has 0 saturated carbocycles. The molecule has 90 valence electrons. The second-order valence-electron chi connectivity index (χ2n) is 5.47. The zero-order valence-electron chi connectivity index (χ0n) is 10.6. The summed E-state index contributed by atoms with van der Waals surface area (Å²) in [6.07, 6.45) is 0. The minimum absolute atomic E-state index is 0.0663. The van der Waals surface area contributed by atoms with Crippen molar-refractivity contribution in [3.63, 3.8) is 0 Å². The summed E-state index contributed by atoms with van der Waals surface area (Å²) < 4.78 is 13.3. The maximum atomic E-state index is 13.3. The van der Waals surface area contributed by atoms with Crippen molar-refractivity contribution in [1.29, 1.82) is 0 Å². The maximum Gasteiger partial charge on any atom is 0.124 e. The van der Waals surface area contributed by atoms with E-state index in [1.165, 1.54) is 12.1 Å². The highest BCUT2D eigenvalue weighted by Gasteiger charge is 2.18. The Morgan fingerprint density at radius 3 is 2.41 bits per heavy atom. The third kappa shape index (κ3) is 2.09. The van der Waals surface area contributed by atoms with Crippen LogP contribution in [0.4, 0.5) is 10.1 Å². The number of nitrogen functional groups attached to an aromatic ring is 1. The first-order chi connectivity index (χ1) is 7.79. The summed E-state index contributed by atoms with van der Waals surface area (Å²) in [5.74, 6) is -0.271. The molecular formula is C14H17FN2. The lowest BCUT2D eigenvalue weighted by Gasteiger charge is -2.19. The number of rotatable bonds is 0. The molecule has 0 radical (unpaired) electrons. The molecule has 0 spiro atoms. The van der Waals surface area contributed by atoms with Crippen LogP contribution < -0.4 is 5.73 Å². The van der Waals surface area contributed by atoms with Crippen molar-refractivity contribution in [2.45, 2.75) is 33.1 Å². The summed E-state index contributed by atoms with van der Waals surface area (Å²) in [5.41, 5.74) is 9.04. The van der Waals surface area contributed by atoms with Gasteiger partial charge in [0.2, 0.25) is 0 Å². The molecule has 2 N–H and O–H groups in total. The lowest BCUT2D eigenvalue weighted by atomic mass is 9.90. The first-order valence-electron chi connectivity index (χ1n) is 5.66. The molecule has 0 aliphatic carbocycles. The van der Waals surface area contributed by atoms with E-state index in [0.717, 1.165) is 16.8 Å². The number of pyridine rings is 1. The first-order valence-corrected chi connectivity index (χ1v) is 5.66. The molecule has 2 nitrogen and oxygen atoms in total. The zero-order valence-corrected chi connectivity index (χ0v) is 10.6. The molecule has 0 amide bonds. The van der Waals surface area contributed by atoms with Gasteiger partial charge in [-0.05, 0) is 30.7 Å². The summed E-state index contributed by atoms with van der Waals surface area (Å²) in [5, 5.41) is 0.690. The van der Waals surface area contributed by atoms with Crippen molar-refractivity contribution in [1.82, 2.24) is 4.98 Å². The topological polar surface area (TPSA) is 38.9 Å². The van der Waals surface area contributed by atoms with Gasteiger partial charge in [-0.2, -0.15) is 0 Å². The third-order valence-electron chi connectivity index (χ3n) is 2.87. The second-order valence-corrected chi connectivity index (χ2v) is 5.47. The van der Waals surface area contributed by atoms with Crippen molar-refractivity contribution < 1.29 is 4.39 Å². The lowest BCUT2D eigenvalue weighted by Crippen LogP contribution is -2.14. The van der Waals surface area contributed by atoms with Crippen molar-refractivity contribution in [3.05, 3.63) is 35.3 Å². The monoisotopic (exact) mass is 232 g/mol. The van der Waals surface area contributed by atoms with Crippen LogP contribution >= 0.6 is 0 Å². The SMILES string of the molecule is Cc1cc(F)cc2c(N)cc(C(C)(C)C)nc12. The molecule has 0 aliphatic heterocycles. The summed E-state index contributed by atoms with van der Waals surface area (Å²) in [6, 6.07) is 4.76. The van der Waals surface area contributed by atoms with Gasteiger partial charge in [0, 0.05) is 22.2 Å². The Kier molecular flexibility index (Phi) is 2.57. The largest absolute Gasteiger partial charge is 0.398 e. The number of aromatic nitrogens is 1. The highest BCUT2D eigenvalue weighted by molar-refractivity contribution is 5.92. The maximum absolute atomic E-state index is 13.3. The molecule has 0 saturated heterocycles. The number of aryl methyl sites for hydroxylation is 1. The van der Waals surface area contributed by atoms with Gasteiger partial charge in [-0.15, -0.1) is 0 Å². The van der Waals surface area contributed by atoms with Crippen LogP contribution in [0.25, 0.3) is 10.9 Å². The van der Waals surface area contributed by atoms with Crippen molar-refractivity contribution in [3.8, 4) is 0 Å². The Bertz CT molecular complexity index is 583. The van der Waals surface area contributed by atoms with Gasteiger partial charge < -0.3 is 5.73 Å². The smallest absolute Gasteiger partial charge is 0.124 e. The Morgan fingerprint density at radius 2 is 1.82 bits per heavy atom. The Balaban J connectivity index is 2.83. The summed E-state index contributed by atoms with van der Waals surface area (Å²) in [6.45, 7) is 8.10. The van der Waals surface area contributed by atoms with Crippen LogP contribution in [0.5, 0.6) is 0 Å². The van der Waals surface area contributed by atoms with Crippen LogP contribution in [0.1, 0.15) is 32.0 Å². The van der Waals surface area contributed by atoms with Crippen LogP contribution in [0.3, 0.4) is 0 Å². The molecule has 1 aromatic carbocycles. The van der Waals surface area contributed by atoms with Crippen LogP contribution in [0.2, 0.25) is 0 Å². The fraction of sp³-hybridized carbons (Fsp3) is 0.357. The van der Waals surface area contributed by atoms with Crippen molar-refractivity contribution in [2.24, 2.45) is 0 Å². The summed E-state index contributed by atoms with van der Waals surface area (Å²) in [4.78, 5) is 4.60. The van der Waals surface area contributed by atoms with Crippen LogP contribution in [-0.2, 0) is 5.41 Å². The molecule has 2 rings (SSSR count). The van der Waals surface area contributed by atoms with Crippen LogP contribution in [0, 0.1) is 12.7 Å². The molecule has 0 aliphatic rings. The van der Waals surface area contributed by atoms with E-state index in [9.17, 15) is 4.39 Å². The summed E-state index contributed by atoms with van der Waals surface area (Å²) in [7, 11) is 0. The Morgan fingerprint density at radius 1 is 1.18 bits per heavy atom. The van der Waals surface area contributed by atoms with E-state index < -0.39 is 0 Å². The van der Waals surface area contributed by atoms with Crippen LogP contribution in [-0.4, -0.2) is 4.98 Å². The van der Waals surface area contributed by atoms with Crippen molar-refractivity contribution >= 4 is 16.6 Å². The zero-order chi connectivity index (χ0) is 12.8. The number of fused-ring (bicyclic) bond motifs is 1. The lowest BCUT2D eigenvalue weighted by molar-refractivity contribution is 0.571. The van der Waals surface area contributed by atoms with Gasteiger partial charge in [-0.3, -0.25) is 4.98 Å². The number of halogens is 1. The minimum atomic E-state index is -0.271. The number of hydrogen-bond donors (Lipinski definition) is 1. The Labute approximate surface area is 101 Å². The van der Waals surface area contributed by atoms with E-state index >= 15 is 0 Å². The third-order valence-corrected chi connectivity index (χ3v) is 2.87. The molecular weight excluding hydrogens is 215 g/mol. The molecule has 1 aromatic heterocycles. The molecule has 17 heavy (non-hydrogen) atoms. The Hall–Kier alpha value is -1.64. The average Bonchev–Trinajstić information content (AvgIpc) is 2.17. The fourth-order valence-corrected chi connectivity index (χ4v) is 1.87. The number of benzene rings is 1. The van der Waals surface area contributed by atoms with Gasteiger partial charge in [-0.25, -0.2) is 4.39 Å². The van der Waals surface area contributed by atoms with Gasteiger partial charge in [0.1, 0.15) is 5.82 Å². The van der Waals surface area contributed by atoms with Crippen LogP contribution in [0.15, 0.2) is 18.2 Å². The quantitative estimate of drug-likeness (QED) is 0.754. The minimum Gasteiger partial charge on any atom is -0.398 e. The van der Waals surface area contributed by atoms with Gasteiger partial charge in [0.05, 0.1) is 5.52 Å². The standard InChI is InChI=1S/C14H17FN2/c1-8-5-9(15)6-10-11(16)7-12(14(2,3)4)17-13(8)10/h5-7H,1-4H3,(H2,16,17). The molecule has 0 fully saturated rings. The molecule has 0 atom stereocenters. The molecule has 1 heterocycles. The molecule has 0 bridgehead atoms. The number of nitrogens with two attached hydrogens (primary N) is 1. The normalized spacial score (nSPS) is 12.1. The average molecular weight is 232 g/mol. The summed E-state index contributed by atoms with van der Waals surface area (Å²) >= 11 is 0. The van der Waals surface area contributed by atoms with E-state index in [1.807, 2.05) is 13.0 Å². The number of hydrogen-bond acceptors (Lipinski definition) is 2. The van der Waals surface area contributed by atoms with E-state index in [0.29, 0.717) is 11.1 Å². The molecule has 2 aromatic rings. The predicted molar refractivity (Wildman–Crippen MR) is 69.6 cm³/mol. The first kappa shape index (κ1) is 11.8. The van der Waals surface area contributed by atoms with Gasteiger partial charge in [0.15, 0.2) is 0 Å². The number of nitrogens with zero attached hydrogens (tertiary/aromatic N) is 1. The van der Waals surface area contributed by atoms with Gasteiger partial charge >= 0.3 is 0 Å². The highest BCUT2D eigenvalue weighted by Crippen LogP contribution is 2.29. The predicted octanol–water partition coefficient (Wildman–Crippen LogP) is 3.56. The fourth-order valence-electron chi connectivity index (χ4n) is 1.87. The second kappa shape index (κ2) is 3.69. The van der Waals surface area contributed by atoms with Gasteiger partial charge in [0.25, 0.3) is 0 Å². The molecule has 0 unspecified atom stereocenters. The van der Waals surface area contributed by atoms with Gasteiger partial charge in [-0.1, -0.05) is 20.8 Å². The number of anilines is 1. The highest BCUT2D eigenvalue weighted by atomic mass is 19.1. The van der Waals surface area contributed by atoms with E-state index in [-0.39, 0.29) is 11.2 Å². The van der Waals surface area contributed by atoms with E-state index in [1.54, 1.807) is 0 Å². The van der Waals surface area contributed by atoms with Crippen molar-refractivity contribution in [2.75, 3.05) is 5.73 Å². The molecule has 3 heteroatoms.